The van der Waals surface area contributed by atoms with Gasteiger partial charge < -0.3 is 15.4 Å². The molecule has 1 saturated heterocycles. The Labute approximate surface area is 133 Å². The van der Waals surface area contributed by atoms with E-state index in [0.29, 0.717) is 31.0 Å². The largest absolute Gasteiger partial charge is 0.439 e. The fourth-order valence-electron chi connectivity index (χ4n) is 2.37. The Kier molecular flexibility index (Phi) is 4.52. The van der Waals surface area contributed by atoms with Crippen LogP contribution in [0.3, 0.4) is 0 Å². The van der Waals surface area contributed by atoms with Gasteiger partial charge in [0.25, 0.3) is 0 Å². The van der Waals surface area contributed by atoms with Gasteiger partial charge in [-0.2, -0.15) is 0 Å². The molecule has 6 heteroatoms. The number of para-hydroxylation sites is 1. The monoisotopic (exact) mass is 311 g/mol. The highest BCUT2D eigenvalue weighted by Gasteiger charge is 2.26. The van der Waals surface area contributed by atoms with Crippen LogP contribution in [0.2, 0.25) is 0 Å². The Morgan fingerprint density at radius 3 is 2.83 bits per heavy atom. The molecule has 2 N–H and O–H groups in total. The van der Waals surface area contributed by atoms with E-state index in [1.807, 2.05) is 36.4 Å². The van der Waals surface area contributed by atoms with Crippen LogP contribution in [0, 0.1) is 0 Å². The number of ether oxygens (including phenoxy) is 1. The smallest absolute Gasteiger partial charge is 0.242 e. The number of amides is 2. The van der Waals surface area contributed by atoms with E-state index in [-0.39, 0.29) is 11.8 Å². The van der Waals surface area contributed by atoms with Crippen LogP contribution in [0.25, 0.3) is 0 Å². The van der Waals surface area contributed by atoms with Gasteiger partial charge in [-0.25, -0.2) is 4.98 Å². The second-order valence-corrected chi connectivity index (χ2v) is 5.26. The number of rotatable bonds is 5. The molecule has 0 saturated carbocycles. The molecule has 2 amide bonds. The van der Waals surface area contributed by atoms with Gasteiger partial charge in [0.2, 0.25) is 17.7 Å². The van der Waals surface area contributed by atoms with E-state index in [4.69, 9.17) is 4.74 Å². The number of pyridine rings is 1. The van der Waals surface area contributed by atoms with Crippen LogP contribution in [0.15, 0.2) is 48.7 Å². The molecule has 3 rings (SSSR count). The van der Waals surface area contributed by atoms with Gasteiger partial charge in [-0.3, -0.25) is 9.59 Å². The lowest BCUT2D eigenvalue weighted by Gasteiger charge is -2.13. The number of carbonyl (C=O) groups excluding carboxylic acids is 2. The highest BCUT2D eigenvalue weighted by Crippen LogP contribution is 2.22. The van der Waals surface area contributed by atoms with E-state index < -0.39 is 6.04 Å². The molecule has 1 aromatic carbocycles. The minimum absolute atomic E-state index is 0.0837. The number of hydrogen-bond donors (Lipinski definition) is 2. The summed E-state index contributed by atoms with van der Waals surface area (Å²) < 4.78 is 5.75. The van der Waals surface area contributed by atoms with Gasteiger partial charge in [-0.15, -0.1) is 0 Å². The predicted molar refractivity (Wildman–Crippen MR) is 83.8 cm³/mol. The van der Waals surface area contributed by atoms with Crippen LogP contribution in [-0.4, -0.2) is 22.8 Å². The highest BCUT2D eigenvalue weighted by molar-refractivity contribution is 5.90. The van der Waals surface area contributed by atoms with Crippen molar-refractivity contribution >= 4 is 11.8 Å². The molecule has 1 atom stereocenters. The van der Waals surface area contributed by atoms with Crippen molar-refractivity contribution in [3.05, 3.63) is 54.2 Å². The summed E-state index contributed by atoms with van der Waals surface area (Å²) in [4.78, 5) is 27.4. The van der Waals surface area contributed by atoms with E-state index in [1.54, 1.807) is 12.3 Å². The first kappa shape index (κ1) is 15.0. The van der Waals surface area contributed by atoms with E-state index in [2.05, 4.69) is 15.6 Å². The summed E-state index contributed by atoms with van der Waals surface area (Å²) in [6.45, 7) is 0.293. The van der Waals surface area contributed by atoms with Crippen LogP contribution in [-0.2, 0) is 16.1 Å². The summed E-state index contributed by atoms with van der Waals surface area (Å²) >= 11 is 0. The molecule has 6 nitrogen and oxygen atoms in total. The topological polar surface area (TPSA) is 80.3 Å². The fraction of sp³-hybridized carbons (Fsp3) is 0.235. The number of aromatic nitrogens is 1. The van der Waals surface area contributed by atoms with E-state index in [9.17, 15) is 9.59 Å². The average molecular weight is 311 g/mol. The quantitative estimate of drug-likeness (QED) is 0.882. The minimum Gasteiger partial charge on any atom is -0.439 e. The van der Waals surface area contributed by atoms with Gasteiger partial charge in [0, 0.05) is 24.7 Å². The SMILES string of the molecule is O=C1CCC(C(=O)NCc2cccnc2Oc2ccccc2)N1. The van der Waals surface area contributed by atoms with Crippen molar-refractivity contribution < 1.29 is 14.3 Å². The zero-order chi connectivity index (χ0) is 16.1. The van der Waals surface area contributed by atoms with Crippen molar-refractivity contribution in [3.63, 3.8) is 0 Å². The van der Waals surface area contributed by atoms with Gasteiger partial charge in [0.1, 0.15) is 11.8 Å². The van der Waals surface area contributed by atoms with Gasteiger partial charge in [-0.1, -0.05) is 24.3 Å². The predicted octanol–water partition coefficient (Wildman–Crippen LogP) is 1.77. The van der Waals surface area contributed by atoms with Crippen LogP contribution < -0.4 is 15.4 Å². The maximum Gasteiger partial charge on any atom is 0.242 e. The van der Waals surface area contributed by atoms with E-state index in [1.165, 1.54) is 0 Å². The lowest BCUT2D eigenvalue weighted by atomic mass is 10.2. The Morgan fingerprint density at radius 1 is 1.26 bits per heavy atom. The number of hydrogen-bond acceptors (Lipinski definition) is 4. The molecule has 2 aromatic rings. The summed E-state index contributed by atoms with van der Waals surface area (Å²) in [7, 11) is 0. The van der Waals surface area contributed by atoms with Gasteiger partial charge in [-0.05, 0) is 24.6 Å². The van der Waals surface area contributed by atoms with Crippen molar-refractivity contribution in [2.75, 3.05) is 0 Å². The summed E-state index contributed by atoms with van der Waals surface area (Å²) in [5, 5.41) is 5.46. The summed E-state index contributed by atoms with van der Waals surface area (Å²) in [5.41, 5.74) is 0.772. The Bertz CT molecular complexity index is 703. The molecule has 118 valence electrons. The third-order valence-corrected chi connectivity index (χ3v) is 3.57. The first-order chi connectivity index (χ1) is 11.2. The van der Waals surface area contributed by atoms with Crippen molar-refractivity contribution in [1.29, 1.82) is 0 Å². The van der Waals surface area contributed by atoms with Crippen LogP contribution in [0.4, 0.5) is 0 Å². The Morgan fingerprint density at radius 2 is 2.09 bits per heavy atom. The maximum absolute atomic E-state index is 12.0. The first-order valence-corrected chi connectivity index (χ1v) is 7.46. The first-order valence-electron chi connectivity index (χ1n) is 7.46. The molecule has 1 aromatic heterocycles. The Balaban J connectivity index is 1.64. The molecule has 1 unspecified atom stereocenters. The van der Waals surface area contributed by atoms with Crippen molar-refractivity contribution in [1.82, 2.24) is 15.6 Å². The highest BCUT2D eigenvalue weighted by atomic mass is 16.5. The van der Waals surface area contributed by atoms with Crippen LogP contribution in [0.1, 0.15) is 18.4 Å². The van der Waals surface area contributed by atoms with Gasteiger partial charge >= 0.3 is 0 Å². The molecular formula is C17H17N3O3. The molecule has 0 aliphatic carbocycles. The lowest BCUT2D eigenvalue weighted by molar-refractivity contribution is -0.125. The molecule has 1 fully saturated rings. The fourth-order valence-corrected chi connectivity index (χ4v) is 2.37. The number of nitrogens with zero attached hydrogens (tertiary/aromatic N) is 1. The summed E-state index contributed by atoms with van der Waals surface area (Å²) in [6, 6.07) is 12.5. The number of nitrogens with one attached hydrogen (secondary N) is 2. The third-order valence-electron chi connectivity index (χ3n) is 3.57. The number of carbonyl (C=O) groups is 2. The summed E-state index contributed by atoms with van der Waals surface area (Å²) in [6.07, 6.45) is 2.57. The molecular weight excluding hydrogens is 294 g/mol. The van der Waals surface area contributed by atoms with Crippen molar-refractivity contribution in [2.45, 2.75) is 25.4 Å². The zero-order valence-corrected chi connectivity index (χ0v) is 12.5. The van der Waals surface area contributed by atoms with Crippen LogP contribution >= 0.6 is 0 Å². The van der Waals surface area contributed by atoms with E-state index >= 15 is 0 Å². The minimum atomic E-state index is -0.447. The van der Waals surface area contributed by atoms with Crippen molar-refractivity contribution in [3.8, 4) is 11.6 Å². The molecule has 1 aliphatic heterocycles. The van der Waals surface area contributed by atoms with Gasteiger partial charge in [0.15, 0.2) is 0 Å². The van der Waals surface area contributed by atoms with E-state index in [0.717, 1.165) is 5.56 Å². The Hall–Kier alpha value is -2.89. The average Bonchev–Trinajstić information content (AvgIpc) is 3.01. The molecule has 1 aliphatic rings. The van der Waals surface area contributed by atoms with Crippen LogP contribution in [0.5, 0.6) is 11.6 Å². The maximum atomic E-state index is 12.0. The molecule has 23 heavy (non-hydrogen) atoms. The van der Waals surface area contributed by atoms with Gasteiger partial charge in [0.05, 0.1) is 0 Å². The lowest BCUT2D eigenvalue weighted by Crippen LogP contribution is -2.41. The molecule has 0 spiro atoms. The summed E-state index contributed by atoms with van der Waals surface area (Å²) in [5.74, 6) is 0.862. The third kappa shape index (κ3) is 3.85. The number of benzene rings is 1. The standard InChI is InChI=1S/C17H17N3O3/c21-15-9-8-14(20-15)16(22)19-11-12-5-4-10-18-17(12)23-13-6-2-1-3-7-13/h1-7,10,14H,8-9,11H2,(H,19,22)(H,20,21). The second kappa shape index (κ2) is 6.91. The molecule has 0 radical (unpaired) electrons. The zero-order valence-electron chi connectivity index (χ0n) is 12.5. The molecule has 0 bridgehead atoms. The second-order valence-electron chi connectivity index (χ2n) is 5.26. The molecule has 2 heterocycles. The van der Waals surface area contributed by atoms with Crippen molar-refractivity contribution in [2.24, 2.45) is 0 Å². The normalized spacial score (nSPS) is 16.7.